The summed E-state index contributed by atoms with van der Waals surface area (Å²) in [4.78, 5) is 29.3. The number of carboxylic acid groups (broad SMARTS) is 1. The van der Waals surface area contributed by atoms with Crippen molar-refractivity contribution in [1.29, 1.82) is 0 Å². The van der Waals surface area contributed by atoms with E-state index in [2.05, 4.69) is 10.3 Å². The molecular weight excluding hydrogens is 334 g/mol. The minimum atomic E-state index is -0.941. The van der Waals surface area contributed by atoms with Gasteiger partial charge in [-0.05, 0) is 43.3 Å². The van der Waals surface area contributed by atoms with E-state index < -0.39 is 11.9 Å². The van der Waals surface area contributed by atoms with E-state index in [1.54, 1.807) is 32.3 Å². The second-order valence-corrected chi connectivity index (χ2v) is 5.91. The first-order valence-corrected chi connectivity index (χ1v) is 8.35. The Hall–Kier alpha value is -3.09. The number of aromatic nitrogens is 1. The first-order valence-electron chi connectivity index (χ1n) is 8.35. The maximum absolute atomic E-state index is 12.7. The molecule has 2 rings (SSSR count). The number of hydrogen-bond donors (Lipinski definition) is 2. The van der Waals surface area contributed by atoms with Crippen molar-refractivity contribution in [2.45, 2.75) is 13.8 Å². The quantitative estimate of drug-likeness (QED) is 0.754. The van der Waals surface area contributed by atoms with E-state index in [4.69, 9.17) is 9.84 Å². The number of carbonyl (C=O) groups is 2. The number of benzene rings is 1. The van der Waals surface area contributed by atoms with E-state index in [1.807, 2.05) is 31.2 Å². The fraction of sp³-hybridized carbons (Fsp3) is 0.316. The Morgan fingerprint density at radius 2 is 1.96 bits per heavy atom. The van der Waals surface area contributed by atoms with Gasteiger partial charge in [-0.15, -0.1) is 0 Å². The molecule has 0 bridgehead atoms. The zero-order chi connectivity index (χ0) is 19.1. The van der Waals surface area contributed by atoms with E-state index in [9.17, 15) is 9.59 Å². The van der Waals surface area contributed by atoms with Crippen LogP contribution in [0.4, 0.5) is 11.5 Å². The molecule has 1 heterocycles. The zero-order valence-electron chi connectivity index (χ0n) is 15.1. The number of hydrogen-bond acceptors (Lipinski definition) is 5. The van der Waals surface area contributed by atoms with Crippen molar-refractivity contribution in [2.75, 3.05) is 25.5 Å². The summed E-state index contributed by atoms with van der Waals surface area (Å²) in [7, 11) is 1.58. The summed E-state index contributed by atoms with van der Waals surface area (Å²) < 4.78 is 5.41. The van der Waals surface area contributed by atoms with Gasteiger partial charge in [-0.1, -0.05) is 6.92 Å². The van der Waals surface area contributed by atoms with E-state index in [0.717, 1.165) is 11.4 Å². The first kappa shape index (κ1) is 19.2. The summed E-state index contributed by atoms with van der Waals surface area (Å²) >= 11 is 0. The number of nitrogens with zero attached hydrogens (tertiary/aromatic N) is 2. The number of amides is 1. The lowest BCUT2D eigenvalue weighted by atomic mass is 10.1. The van der Waals surface area contributed by atoms with Gasteiger partial charge in [0.05, 0.1) is 18.1 Å². The fourth-order valence-electron chi connectivity index (χ4n) is 2.39. The van der Waals surface area contributed by atoms with Crippen LogP contribution < -0.4 is 10.1 Å². The Labute approximate surface area is 152 Å². The van der Waals surface area contributed by atoms with Crippen molar-refractivity contribution in [3.8, 4) is 5.75 Å². The van der Waals surface area contributed by atoms with Gasteiger partial charge in [-0.2, -0.15) is 0 Å². The molecule has 1 aromatic heterocycles. The van der Waals surface area contributed by atoms with Crippen molar-refractivity contribution < 1.29 is 19.4 Å². The van der Waals surface area contributed by atoms with Crippen LogP contribution in [0.1, 0.15) is 24.2 Å². The van der Waals surface area contributed by atoms with Crippen molar-refractivity contribution in [3.63, 3.8) is 0 Å². The van der Waals surface area contributed by atoms with E-state index in [-0.39, 0.29) is 12.5 Å². The Kier molecular flexibility index (Phi) is 6.54. The van der Waals surface area contributed by atoms with Gasteiger partial charge >= 0.3 is 5.97 Å². The summed E-state index contributed by atoms with van der Waals surface area (Å²) in [5.74, 6) is -0.708. The van der Waals surface area contributed by atoms with Crippen molar-refractivity contribution >= 4 is 23.4 Å². The molecule has 1 atom stereocenters. The predicted octanol–water partition coefficient (Wildman–Crippen LogP) is 3.02. The van der Waals surface area contributed by atoms with Crippen molar-refractivity contribution in [1.82, 2.24) is 9.88 Å². The number of carbonyl (C=O) groups excluding carboxylic acids is 1. The highest BCUT2D eigenvalue weighted by Crippen LogP contribution is 2.22. The third-order valence-electron chi connectivity index (χ3n) is 3.78. The molecule has 7 heteroatoms. The molecule has 0 saturated carbocycles. The standard InChI is InChI=1S/C19H23N3O4/c1-4-26-15-9-7-14(8-10-15)21-17-16(6-5-11-20-17)18(23)22(3)12-13(2)19(24)25/h5-11,13H,4,12H2,1-3H3,(H,20,21)(H,24,25). The van der Waals surface area contributed by atoms with E-state index in [1.165, 1.54) is 4.90 Å². The number of nitrogens with one attached hydrogen (secondary N) is 1. The molecule has 0 aliphatic carbocycles. The Morgan fingerprint density at radius 1 is 1.27 bits per heavy atom. The van der Waals surface area contributed by atoms with Gasteiger partial charge in [-0.25, -0.2) is 4.98 Å². The molecule has 0 saturated heterocycles. The predicted molar refractivity (Wildman–Crippen MR) is 98.9 cm³/mol. The lowest BCUT2D eigenvalue weighted by molar-refractivity contribution is -0.141. The number of carboxylic acids is 1. The highest BCUT2D eigenvalue weighted by atomic mass is 16.5. The molecule has 1 amide bonds. The highest BCUT2D eigenvalue weighted by molar-refractivity contribution is 5.99. The van der Waals surface area contributed by atoms with Crippen LogP contribution in [-0.2, 0) is 4.79 Å². The second kappa shape index (κ2) is 8.84. The van der Waals surface area contributed by atoms with Gasteiger partial charge in [0.15, 0.2) is 0 Å². The molecule has 0 aliphatic rings. The Morgan fingerprint density at radius 3 is 2.58 bits per heavy atom. The Balaban J connectivity index is 2.16. The van der Waals surface area contributed by atoms with Crippen LogP contribution in [0.3, 0.4) is 0 Å². The summed E-state index contributed by atoms with van der Waals surface area (Å²) in [6.07, 6.45) is 1.59. The fourth-order valence-corrected chi connectivity index (χ4v) is 2.39. The number of aliphatic carboxylic acids is 1. The van der Waals surface area contributed by atoms with Crippen LogP contribution in [0, 0.1) is 5.92 Å². The van der Waals surface area contributed by atoms with Crippen LogP contribution in [0.15, 0.2) is 42.6 Å². The van der Waals surface area contributed by atoms with E-state index in [0.29, 0.717) is 18.0 Å². The summed E-state index contributed by atoms with van der Waals surface area (Å²) in [5, 5.41) is 12.1. The third-order valence-corrected chi connectivity index (χ3v) is 3.78. The number of pyridine rings is 1. The van der Waals surface area contributed by atoms with Gasteiger partial charge in [0.1, 0.15) is 11.6 Å². The van der Waals surface area contributed by atoms with E-state index >= 15 is 0 Å². The van der Waals surface area contributed by atoms with Gasteiger partial charge in [-0.3, -0.25) is 9.59 Å². The van der Waals surface area contributed by atoms with Gasteiger partial charge in [0, 0.05) is 25.5 Å². The smallest absolute Gasteiger partial charge is 0.308 e. The minimum Gasteiger partial charge on any atom is -0.494 e. The lowest BCUT2D eigenvalue weighted by Gasteiger charge is -2.21. The van der Waals surface area contributed by atoms with Gasteiger partial charge < -0.3 is 20.1 Å². The van der Waals surface area contributed by atoms with Crippen LogP contribution >= 0.6 is 0 Å². The summed E-state index contributed by atoms with van der Waals surface area (Å²) in [5.41, 5.74) is 1.14. The third kappa shape index (κ3) is 4.95. The average Bonchev–Trinajstić information content (AvgIpc) is 2.63. The second-order valence-electron chi connectivity index (χ2n) is 5.91. The Bertz CT molecular complexity index is 762. The topological polar surface area (TPSA) is 91.8 Å². The average molecular weight is 357 g/mol. The van der Waals surface area contributed by atoms with Crippen LogP contribution in [-0.4, -0.2) is 47.1 Å². The van der Waals surface area contributed by atoms with Gasteiger partial charge in [0.25, 0.3) is 5.91 Å². The van der Waals surface area contributed by atoms with Crippen LogP contribution in [0.5, 0.6) is 5.75 Å². The van der Waals surface area contributed by atoms with Crippen molar-refractivity contribution in [3.05, 3.63) is 48.2 Å². The molecule has 0 radical (unpaired) electrons. The molecule has 0 spiro atoms. The molecule has 1 aromatic carbocycles. The molecular formula is C19H23N3O4. The number of anilines is 2. The SMILES string of the molecule is CCOc1ccc(Nc2ncccc2C(=O)N(C)CC(C)C(=O)O)cc1. The highest BCUT2D eigenvalue weighted by Gasteiger charge is 2.21. The molecule has 0 fully saturated rings. The molecule has 0 aliphatic heterocycles. The van der Waals surface area contributed by atoms with Crippen LogP contribution in [0.2, 0.25) is 0 Å². The van der Waals surface area contributed by atoms with Crippen molar-refractivity contribution in [2.24, 2.45) is 5.92 Å². The maximum Gasteiger partial charge on any atom is 0.308 e. The minimum absolute atomic E-state index is 0.117. The summed E-state index contributed by atoms with van der Waals surface area (Å²) in [6, 6.07) is 10.7. The number of rotatable bonds is 8. The largest absolute Gasteiger partial charge is 0.494 e. The zero-order valence-corrected chi connectivity index (χ0v) is 15.1. The van der Waals surface area contributed by atoms with Gasteiger partial charge in [0.2, 0.25) is 0 Å². The van der Waals surface area contributed by atoms with Crippen LogP contribution in [0.25, 0.3) is 0 Å². The monoisotopic (exact) mass is 357 g/mol. The summed E-state index contributed by atoms with van der Waals surface area (Å²) in [6.45, 7) is 4.19. The molecule has 2 N–H and O–H groups in total. The molecule has 1 unspecified atom stereocenters. The first-order chi connectivity index (χ1) is 12.4. The maximum atomic E-state index is 12.7. The normalized spacial score (nSPS) is 11.5. The molecule has 7 nitrogen and oxygen atoms in total. The lowest BCUT2D eigenvalue weighted by Crippen LogP contribution is -2.34. The molecule has 26 heavy (non-hydrogen) atoms. The molecule has 2 aromatic rings. The molecule has 138 valence electrons. The number of ether oxygens (including phenoxy) is 1.